The van der Waals surface area contributed by atoms with Crippen LogP contribution in [0, 0.1) is 5.92 Å². The summed E-state index contributed by atoms with van der Waals surface area (Å²) >= 11 is 0. The number of anilines is 1. The van der Waals surface area contributed by atoms with Gasteiger partial charge in [0, 0.05) is 11.5 Å². The number of nitrogens with zero attached hydrogens (tertiary/aromatic N) is 2. The molecular formula is C14H25N3O. The molecule has 1 rings (SSSR count). The van der Waals surface area contributed by atoms with E-state index in [1.807, 2.05) is 0 Å². The smallest absolute Gasteiger partial charge is 0.219 e. The molecule has 1 unspecified atom stereocenters. The molecule has 0 amide bonds. The number of nitrogens with two attached hydrogens (primary N) is 1. The number of nitrogen functional groups attached to an aromatic ring is 1. The zero-order chi connectivity index (χ0) is 13.9. The summed E-state index contributed by atoms with van der Waals surface area (Å²) in [6, 6.07) is 1.69. The summed E-state index contributed by atoms with van der Waals surface area (Å²) in [5.74, 6) is 2.35. The van der Waals surface area contributed by atoms with Crippen molar-refractivity contribution in [3.63, 3.8) is 0 Å². The highest BCUT2D eigenvalue weighted by atomic mass is 16.5. The normalized spacial score (nSPS) is 13.7. The molecule has 1 aromatic rings. The van der Waals surface area contributed by atoms with Crippen molar-refractivity contribution in [3.05, 3.63) is 11.9 Å². The largest absolute Gasteiger partial charge is 0.474 e. The van der Waals surface area contributed by atoms with Crippen molar-refractivity contribution in [3.8, 4) is 5.88 Å². The molecule has 0 saturated carbocycles. The molecule has 0 aliphatic heterocycles. The van der Waals surface area contributed by atoms with E-state index in [2.05, 4.69) is 51.5 Å². The Hall–Kier alpha value is -1.32. The number of hydrogen-bond donors (Lipinski definition) is 1. The van der Waals surface area contributed by atoms with E-state index in [4.69, 9.17) is 10.5 Å². The van der Waals surface area contributed by atoms with E-state index in [1.54, 1.807) is 6.07 Å². The molecule has 1 heterocycles. The highest BCUT2D eigenvalue weighted by molar-refractivity contribution is 5.34. The van der Waals surface area contributed by atoms with Crippen molar-refractivity contribution in [1.29, 1.82) is 0 Å². The van der Waals surface area contributed by atoms with Gasteiger partial charge < -0.3 is 10.5 Å². The Bertz CT molecular complexity index is 397. The molecule has 0 aromatic carbocycles. The molecule has 0 radical (unpaired) electrons. The molecule has 4 heteroatoms. The van der Waals surface area contributed by atoms with Crippen LogP contribution in [-0.2, 0) is 5.41 Å². The lowest BCUT2D eigenvalue weighted by molar-refractivity contribution is 0.184. The second-order valence-electron chi connectivity index (χ2n) is 6.26. The summed E-state index contributed by atoms with van der Waals surface area (Å²) in [5.41, 5.74) is 5.67. The van der Waals surface area contributed by atoms with Crippen LogP contribution in [0.1, 0.15) is 53.8 Å². The molecule has 4 nitrogen and oxygen atoms in total. The highest BCUT2D eigenvalue weighted by Crippen LogP contribution is 2.23. The molecule has 102 valence electrons. The molecular weight excluding hydrogens is 226 g/mol. The Balaban J connectivity index is 2.87. The summed E-state index contributed by atoms with van der Waals surface area (Å²) in [4.78, 5) is 8.70. The SMILES string of the molecule is CC(C)CC(C)Oc1cc(N)nc(C(C)(C)C)n1. The Morgan fingerprint density at radius 3 is 2.33 bits per heavy atom. The average Bonchev–Trinajstić information content (AvgIpc) is 2.13. The minimum atomic E-state index is -0.130. The van der Waals surface area contributed by atoms with Crippen LogP contribution >= 0.6 is 0 Å². The minimum Gasteiger partial charge on any atom is -0.474 e. The first kappa shape index (κ1) is 14.7. The van der Waals surface area contributed by atoms with E-state index in [0.717, 1.165) is 6.42 Å². The van der Waals surface area contributed by atoms with Gasteiger partial charge in [-0.15, -0.1) is 0 Å². The van der Waals surface area contributed by atoms with E-state index in [9.17, 15) is 0 Å². The van der Waals surface area contributed by atoms with Gasteiger partial charge in [-0.3, -0.25) is 0 Å². The second kappa shape index (κ2) is 5.55. The van der Waals surface area contributed by atoms with Gasteiger partial charge in [0.15, 0.2) is 0 Å². The van der Waals surface area contributed by atoms with Crippen LogP contribution in [-0.4, -0.2) is 16.1 Å². The van der Waals surface area contributed by atoms with Crippen LogP contribution in [0.5, 0.6) is 5.88 Å². The van der Waals surface area contributed by atoms with Crippen molar-refractivity contribution >= 4 is 5.82 Å². The molecule has 18 heavy (non-hydrogen) atoms. The molecule has 1 atom stereocenters. The average molecular weight is 251 g/mol. The Morgan fingerprint density at radius 2 is 1.83 bits per heavy atom. The van der Waals surface area contributed by atoms with Gasteiger partial charge >= 0.3 is 0 Å². The first-order valence-electron chi connectivity index (χ1n) is 6.50. The maximum absolute atomic E-state index is 5.81. The van der Waals surface area contributed by atoms with Crippen LogP contribution in [0.2, 0.25) is 0 Å². The van der Waals surface area contributed by atoms with Crippen molar-refractivity contribution in [2.75, 3.05) is 5.73 Å². The summed E-state index contributed by atoms with van der Waals surface area (Å²) in [7, 11) is 0. The van der Waals surface area contributed by atoms with E-state index >= 15 is 0 Å². The zero-order valence-corrected chi connectivity index (χ0v) is 12.3. The molecule has 0 fully saturated rings. The fourth-order valence-electron chi connectivity index (χ4n) is 1.76. The van der Waals surface area contributed by atoms with Crippen molar-refractivity contribution in [2.24, 2.45) is 5.92 Å². The number of hydrogen-bond acceptors (Lipinski definition) is 4. The standard InChI is InChI=1S/C14H25N3O/c1-9(2)7-10(3)18-12-8-11(15)16-13(17-12)14(4,5)6/h8-10H,7H2,1-6H3,(H2,15,16,17). The quantitative estimate of drug-likeness (QED) is 0.892. The zero-order valence-electron chi connectivity index (χ0n) is 12.3. The van der Waals surface area contributed by atoms with Gasteiger partial charge in [-0.25, -0.2) is 4.98 Å². The summed E-state index contributed by atoms with van der Waals surface area (Å²) < 4.78 is 5.81. The number of rotatable bonds is 4. The van der Waals surface area contributed by atoms with Crippen molar-refractivity contribution in [2.45, 2.75) is 59.5 Å². The van der Waals surface area contributed by atoms with Gasteiger partial charge in [-0.1, -0.05) is 34.6 Å². The predicted molar refractivity (Wildman–Crippen MR) is 74.7 cm³/mol. The predicted octanol–water partition coefficient (Wildman–Crippen LogP) is 3.17. The topological polar surface area (TPSA) is 61.0 Å². The van der Waals surface area contributed by atoms with Crippen LogP contribution in [0.15, 0.2) is 6.07 Å². The third kappa shape index (κ3) is 4.51. The van der Waals surface area contributed by atoms with Crippen LogP contribution < -0.4 is 10.5 Å². The van der Waals surface area contributed by atoms with Crippen LogP contribution in [0.25, 0.3) is 0 Å². The Labute approximate surface area is 110 Å². The lowest BCUT2D eigenvalue weighted by Gasteiger charge is -2.20. The number of ether oxygens (including phenoxy) is 1. The van der Waals surface area contributed by atoms with Gasteiger partial charge in [0.25, 0.3) is 0 Å². The first-order valence-corrected chi connectivity index (χ1v) is 6.50. The van der Waals surface area contributed by atoms with E-state index < -0.39 is 0 Å². The lowest BCUT2D eigenvalue weighted by atomic mass is 9.96. The highest BCUT2D eigenvalue weighted by Gasteiger charge is 2.19. The van der Waals surface area contributed by atoms with Gasteiger partial charge in [0.1, 0.15) is 11.6 Å². The van der Waals surface area contributed by atoms with E-state index in [0.29, 0.717) is 23.4 Å². The summed E-state index contributed by atoms with van der Waals surface area (Å²) in [6.07, 6.45) is 1.13. The fraction of sp³-hybridized carbons (Fsp3) is 0.714. The third-order valence-electron chi connectivity index (χ3n) is 2.52. The van der Waals surface area contributed by atoms with Crippen LogP contribution in [0.3, 0.4) is 0 Å². The Kier molecular flexibility index (Phi) is 4.54. The molecule has 0 spiro atoms. The van der Waals surface area contributed by atoms with Crippen molar-refractivity contribution in [1.82, 2.24) is 9.97 Å². The van der Waals surface area contributed by atoms with Gasteiger partial charge in [-0.05, 0) is 19.3 Å². The van der Waals surface area contributed by atoms with Gasteiger partial charge in [0.05, 0.1) is 6.10 Å². The monoisotopic (exact) mass is 251 g/mol. The van der Waals surface area contributed by atoms with Crippen molar-refractivity contribution < 1.29 is 4.74 Å². The molecule has 0 bridgehead atoms. The summed E-state index contributed by atoms with van der Waals surface area (Å²) in [5, 5.41) is 0. The first-order chi connectivity index (χ1) is 8.18. The molecule has 0 saturated heterocycles. The molecule has 1 aromatic heterocycles. The molecule has 0 aliphatic rings. The van der Waals surface area contributed by atoms with E-state index in [-0.39, 0.29) is 11.5 Å². The minimum absolute atomic E-state index is 0.130. The van der Waals surface area contributed by atoms with Crippen LogP contribution in [0.4, 0.5) is 5.82 Å². The number of aromatic nitrogens is 2. The lowest BCUT2D eigenvalue weighted by Crippen LogP contribution is -2.20. The fourth-order valence-corrected chi connectivity index (χ4v) is 1.76. The van der Waals surface area contributed by atoms with E-state index in [1.165, 1.54) is 0 Å². The maximum atomic E-state index is 5.81. The van der Waals surface area contributed by atoms with Gasteiger partial charge in [0.2, 0.25) is 5.88 Å². The van der Waals surface area contributed by atoms with Gasteiger partial charge in [-0.2, -0.15) is 4.98 Å². The Morgan fingerprint density at radius 1 is 1.22 bits per heavy atom. The third-order valence-corrected chi connectivity index (χ3v) is 2.52. The summed E-state index contributed by atoms with van der Waals surface area (Å²) in [6.45, 7) is 12.6. The molecule has 0 aliphatic carbocycles. The maximum Gasteiger partial charge on any atom is 0.219 e. The molecule has 2 N–H and O–H groups in total. The second-order valence-corrected chi connectivity index (χ2v) is 6.26.